The number of aromatic amines is 1. The molecule has 1 aliphatic heterocycles. The molecule has 1 amide bonds. The summed E-state index contributed by atoms with van der Waals surface area (Å²) in [5.74, 6) is 1.42. The van der Waals surface area contributed by atoms with E-state index in [0.29, 0.717) is 13.0 Å². The van der Waals surface area contributed by atoms with Crippen molar-refractivity contribution in [3.63, 3.8) is 0 Å². The van der Waals surface area contributed by atoms with Crippen LogP contribution in [0.2, 0.25) is 0 Å². The van der Waals surface area contributed by atoms with Crippen LogP contribution in [0.25, 0.3) is 10.9 Å². The zero-order valence-corrected chi connectivity index (χ0v) is 15.0. The van der Waals surface area contributed by atoms with Gasteiger partial charge in [0.2, 0.25) is 5.91 Å². The molecule has 130 valence electrons. The summed E-state index contributed by atoms with van der Waals surface area (Å²) < 4.78 is 11.5. The molecule has 0 unspecified atom stereocenters. The zero-order chi connectivity index (χ0) is 17.2. The van der Waals surface area contributed by atoms with E-state index in [1.807, 2.05) is 24.3 Å². The number of carbonyl (C=O) groups is 1. The Morgan fingerprint density at radius 1 is 1.33 bits per heavy atom. The second-order valence-electron chi connectivity index (χ2n) is 6.82. The number of benzene rings is 1. The molecule has 2 N–H and O–H groups in total. The maximum atomic E-state index is 12.3. The maximum Gasteiger partial charge on any atom is 0.226 e. The minimum atomic E-state index is -0.684. The first-order valence-corrected chi connectivity index (χ1v) is 9.73. The van der Waals surface area contributed by atoms with E-state index in [-0.39, 0.29) is 11.4 Å². The maximum absolute atomic E-state index is 12.3. The van der Waals surface area contributed by atoms with Crippen molar-refractivity contribution in [2.45, 2.75) is 25.8 Å². The van der Waals surface area contributed by atoms with Gasteiger partial charge in [0.05, 0.1) is 17.6 Å². The van der Waals surface area contributed by atoms with Gasteiger partial charge >= 0.3 is 0 Å². The summed E-state index contributed by atoms with van der Waals surface area (Å²) in [5, 5.41) is 11.2. The van der Waals surface area contributed by atoms with Crippen LogP contribution in [0.5, 0.6) is 0 Å². The van der Waals surface area contributed by atoms with Crippen LogP contribution >= 0.6 is 0 Å². The van der Waals surface area contributed by atoms with Gasteiger partial charge in [0.25, 0.3) is 0 Å². The van der Waals surface area contributed by atoms with Crippen LogP contribution < -0.4 is 5.32 Å². The highest BCUT2D eigenvalue weighted by Gasteiger charge is 2.30. The molecule has 0 bridgehead atoms. The number of aromatic nitrogens is 2. The van der Waals surface area contributed by atoms with Crippen LogP contribution in [0.4, 0.5) is 0 Å². The highest BCUT2D eigenvalue weighted by molar-refractivity contribution is 7.85. The van der Waals surface area contributed by atoms with Gasteiger partial charge in [-0.15, -0.1) is 0 Å². The van der Waals surface area contributed by atoms with Crippen molar-refractivity contribution in [1.29, 1.82) is 0 Å². The summed E-state index contributed by atoms with van der Waals surface area (Å²) in [4.78, 5) is 14.6. The number of hydrogen-bond donors (Lipinski definition) is 2. The monoisotopic (exact) mass is 348 g/mol. The second-order valence-corrected chi connectivity index (χ2v) is 8.52. The predicted molar refractivity (Wildman–Crippen MR) is 96.3 cm³/mol. The molecule has 1 aliphatic rings. The Labute approximate surface area is 144 Å². The molecule has 1 aromatic carbocycles. The van der Waals surface area contributed by atoms with Crippen molar-refractivity contribution in [3.05, 3.63) is 30.0 Å². The number of para-hydroxylation sites is 1. The Balaban J connectivity index is 1.56. The van der Waals surface area contributed by atoms with Gasteiger partial charge in [0.15, 0.2) is 0 Å². The van der Waals surface area contributed by atoms with Crippen molar-refractivity contribution < 1.29 is 9.00 Å². The lowest BCUT2D eigenvalue weighted by Crippen LogP contribution is -2.55. The third kappa shape index (κ3) is 3.84. The number of nitrogens with one attached hydrogen (secondary N) is 2. The molecule has 1 fully saturated rings. The smallest absolute Gasteiger partial charge is 0.226 e. The topological polar surface area (TPSA) is 78.1 Å². The van der Waals surface area contributed by atoms with Gasteiger partial charge in [-0.2, -0.15) is 5.10 Å². The number of nitrogens with zero attached hydrogens (tertiary/aromatic N) is 2. The largest absolute Gasteiger partial charge is 0.354 e. The quantitative estimate of drug-likeness (QED) is 0.847. The minimum Gasteiger partial charge on any atom is -0.354 e. The predicted octanol–water partition coefficient (Wildman–Crippen LogP) is 1.06. The van der Waals surface area contributed by atoms with Crippen molar-refractivity contribution in [1.82, 2.24) is 20.4 Å². The number of hydrogen-bond acceptors (Lipinski definition) is 4. The molecule has 1 saturated heterocycles. The molecular formula is C17H24N4O2S. The van der Waals surface area contributed by atoms with E-state index in [1.54, 1.807) is 0 Å². The summed E-state index contributed by atoms with van der Waals surface area (Å²) in [6.45, 7) is 6.45. The van der Waals surface area contributed by atoms with E-state index in [2.05, 4.69) is 34.3 Å². The van der Waals surface area contributed by atoms with Gasteiger partial charge in [0.1, 0.15) is 0 Å². The van der Waals surface area contributed by atoms with Crippen LogP contribution in [0.1, 0.15) is 19.5 Å². The van der Waals surface area contributed by atoms with Gasteiger partial charge in [-0.25, -0.2) is 0 Å². The number of fused-ring (bicyclic) bond motifs is 1. The highest BCUT2D eigenvalue weighted by atomic mass is 32.2. The minimum absolute atomic E-state index is 0.0157. The van der Waals surface area contributed by atoms with Crippen LogP contribution in [-0.2, 0) is 22.0 Å². The van der Waals surface area contributed by atoms with Crippen LogP contribution in [0.3, 0.4) is 0 Å². The Hall–Kier alpha value is -1.73. The first-order chi connectivity index (χ1) is 11.5. The number of carbonyl (C=O) groups excluding carboxylic acids is 1. The molecule has 6 nitrogen and oxygen atoms in total. The first-order valence-electron chi connectivity index (χ1n) is 8.24. The van der Waals surface area contributed by atoms with E-state index < -0.39 is 10.8 Å². The Bertz CT molecular complexity index is 746. The summed E-state index contributed by atoms with van der Waals surface area (Å²) in [6, 6.07) is 7.78. The molecule has 0 saturated carbocycles. The normalized spacial score (nSPS) is 17.2. The third-order valence-corrected chi connectivity index (χ3v) is 5.91. The average molecular weight is 348 g/mol. The summed E-state index contributed by atoms with van der Waals surface area (Å²) in [7, 11) is -0.684. The van der Waals surface area contributed by atoms with Gasteiger partial charge in [0, 0.05) is 52.9 Å². The molecule has 0 spiro atoms. The lowest BCUT2D eigenvalue weighted by atomic mass is 10.0. The van der Waals surface area contributed by atoms with Crippen molar-refractivity contribution in [3.8, 4) is 0 Å². The SMILES string of the molecule is CC(C)(CNC(=O)Cc1[nH]nc2ccccc12)N1CCS(=O)CC1. The van der Waals surface area contributed by atoms with E-state index in [1.165, 1.54) is 0 Å². The fraction of sp³-hybridized carbons (Fsp3) is 0.529. The van der Waals surface area contributed by atoms with Crippen molar-refractivity contribution >= 4 is 27.6 Å². The standard InChI is InChI=1S/C17H24N4O2S/c1-17(2,21-7-9-24(23)10-8-21)12-18-16(22)11-15-13-5-3-4-6-14(13)19-20-15/h3-6H,7-12H2,1-2H3,(H,18,22)(H,19,20). The van der Waals surface area contributed by atoms with Gasteiger partial charge in [-0.1, -0.05) is 18.2 Å². The summed E-state index contributed by atoms with van der Waals surface area (Å²) in [5.41, 5.74) is 1.58. The Kier molecular flexibility index (Phi) is 5.01. The molecule has 3 rings (SSSR count). The van der Waals surface area contributed by atoms with E-state index in [4.69, 9.17) is 0 Å². The number of rotatable bonds is 5. The Morgan fingerprint density at radius 3 is 2.79 bits per heavy atom. The van der Waals surface area contributed by atoms with Crippen LogP contribution in [0.15, 0.2) is 24.3 Å². The summed E-state index contributed by atoms with van der Waals surface area (Å²) >= 11 is 0. The highest BCUT2D eigenvalue weighted by Crippen LogP contribution is 2.17. The molecule has 0 radical (unpaired) electrons. The fourth-order valence-electron chi connectivity index (χ4n) is 3.04. The third-order valence-electron chi connectivity index (χ3n) is 4.63. The van der Waals surface area contributed by atoms with E-state index in [0.717, 1.165) is 41.2 Å². The van der Waals surface area contributed by atoms with Gasteiger partial charge in [-0.3, -0.25) is 19.0 Å². The number of H-pyrrole nitrogens is 1. The van der Waals surface area contributed by atoms with Crippen molar-refractivity contribution in [2.75, 3.05) is 31.1 Å². The molecule has 1 aromatic heterocycles. The molecule has 24 heavy (non-hydrogen) atoms. The first kappa shape index (κ1) is 17.1. The summed E-state index contributed by atoms with van der Waals surface area (Å²) in [6.07, 6.45) is 0.292. The molecule has 0 aliphatic carbocycles. The lowest BCUT2D eigenvalue weighted by Gasteiger charge is -2.40. The van der Waals surface area contributed by atoms with Gasteiger partial charge < -0.3 is 5.32 Å². The molecule has 2 heterocycles. The van der Waals surface area contributed by atoms with E-state index >= 15 is 0 Å². The molecular weight excluding hydrogens is 324 g/mol. The molecule has 0 atom stereocenters. The van der Waals surface area contributed by atoms with Crippen LogP contribution in [-0.4, -0.2) is 61.9 Å². The fourth-order valence-corrected chi connectivity index (χ4v) is 4.09. The average Bonchev–Trinajstić information content (AvgIpc) is 2.97. The lowest BCUT2D eigenvalue weighted by molar-refractivity contribution is -0.121. The van der Waals surface area contributed by atoms with Crippen molar-refractivity contribution in [2.24, 2.45) is 0 Å². The zero-order valence-electron chi connectivity index (χ0n) is 14.2. The van der Waals surface area contributed by atoms with E-state index in [9.17, 15) is 9.00 Å². The number of amides is 1. The Morgan fingerprint density at radius 2 is 2.04 bits per heavy atom. The van der Waals surface area contributed by atoms with Crippen LogP contribution in [0, 0.1) is 0 Å². The second kappa shape index (κ2) is 7.03. The molecule has 7 heteroatoms. The van der Waals surface area contributed by atoms with Gasteiger partial charge in [-0.05, 0) is 19.9 Å². The molecule has 2 aromatic rings.